The van der Waals surface area contributed by atoms with Crippen molar-refractivity contribution in [1.29, 1.82) is 5.26 Å². The molecule has 0 radical (unpaired) electrons. The van der Waals surface area contributed by atoms with Crippen LogP contribution in [0, 0.1) is 17.1 Å². The molecule has 1 aliphatic heterocycles. The number of rotatable bonds is 7. The molecule has 142 valence electrons. The van der Waals surface area contributed by atoms with Crippen LogP contribution in [-0.2, 0) is 11.3 Å². The lowest BCUT2D eigenvalue weighted by atomic mass is 10.1. The van der Waals surface area contributed by atoms with E-state index in [0.29, 0.717) is 17.2 Å². The summed E-state index contributed by atoms with van der Waals surface area (Å²) in [6.45, 7) is 0.0730. The molecule has 3 rings (SSSR count). The molecule has 7 heteroatoms. The summed E-state index contributed by atoms with van der Waals surface area (Å²) in [6, 6.07) is 11.8. The first-order valence-corrected chi connectivity index (χ1v) is 8.45. The van der Waals surface area contributed by atoms with E-state index < -0.39 is 5.82 Å². The molecule has 0 aromatic heterocycles. The first-order valence-electron chi connectivity index (χ1n) is 8.45. The Morgan fingerprint density at radius 1 is 1.07 bits per heavy atom. The lowest BCUT2D eigenvalue weighted by molar-refractivity contribution is 0.0511. The summed E-state index contributed by atoms with van der Waals surface area (Å²) < 4.78 is 30.4. The Morgan fingerprint density at radius 2 is 1.82 bits per heavy atom. The van der Waals surface area contributed by atoms with Gasteiger partial charge in [-0.25, -0.2) is 9.40 Å². The van der Waals surface area contributed by atoms with Crippen molar-refractivity contribution < 1.29 is 18.6 Å². The average molecular weight is 379 g/mol. The fraction of sp³-hybridized carbons (Fsp3) is 0.143. The van der Waals surface area contributed by atoms with Crippen molar-refractivity contribution in [2.75, 3.05) is 18.9 Å². The number of halogens is 1. The number of methoxy groups -OCH3 is 1. The number of nitriles is 1. The van der Waals surface area contributed by atoms with E-state index in [1.54, 1.807) is 61.0 Å². The predicted octanol–water partition coefficient (Wildman–Crippen LogP) is 4.13. The zero-order chi connectivity index (χ0) is 19.8. The minimum atomic E-state index is -0.532. The third-order valence-corrected chi connectivity index (χ3v) is 3.84. The molecule has 0 aliphatic carbocycles. The molecule has 2 aromatic rings. The largest absolute Gasteiger partial charge is 0.489 e. The molecular formula is C21H18FN3O3. The molecule has 28 heavy (non-hydrogen) atoms. The third-order valence-electron chi connectivity index (χ3n) is 3.84. The predicted molar refractivity (Wildman–Crippen MR) is 104 cm³/mol. The van der Waals surface area contributed by atoms with Gasteiger partial charge in [0.1, 0.15) is 23.9 Å². The molecule has 0 fully saturated rings. The van der Waals surface area contributed by atoms with E-state index >= 15 is 0 Å². The van der Waals surface area contributed by atoms with Crippen LogP contribution in [0.5, 0.6) is 11.5 Å². The Labute approximate surface area is 162 Å². The molecule has 0 amide bonds. The van der Waals surface area contributed by atoms with Crippen molar-refractivity contribution in [2.24, 2.45) is 5.10 Å². The van der Waals surface area contributed by atoms with E-state index in [0.717, 1.165) is 0 Å². The normalized spacial score (nSPS) is 12.5. The van der Waals surface area contributed by atoms with Gasteiger partial charge in [-0.3, -0.25) is 0 Å². The molecular weight excluding hydrogens is 361 g/mol. The van der Waals surface area contributed by atoms with Crippen LogP contribution >= 0.6 is 0 Å². The summed E-state index contributed by atoms with van der Waals surface area (Å²) in [7, 11) is 1.54. The fourth-order valence-electron chi connectivity index (χ4n) is 2.46. The summed E-state index contributed by atoms with van der Waals surface area (Å²) in [5.41, 5.74) is 0.830. The number of nitrogens with zero attached hydrogens (tertiary/aromatic N) is 3. The number of hydrazone groups is 1. The number of anilines is 1. The van der Waals surface area contributed by atoms with Crippen molar-refractivity contribution in [3.63, 3.8) is 0 Å². The van der Waals surface area contributed by atoms with Gasteiger partial charge in [0, 0.05) is 31.2 Å². The Bertz CT molecular complexity index is 931. The van der Waals surface area contributed by atoms with Crippen molar-refractivity contribution in [1.82, 2.24) is 0 Å². The minimum Gasteiger partial charge on any atom is -0.489 e. The smallest absolute Gasteiger partial charge is 0.188 e. The highest BCUT2D eigenvalue weighted by Gasteiger charge is 2.15. The van der Waals surface area contributed by atoms with Crippen LogP contribution in [0.15, 0.2) is 65.9 Å². The molecule has 6 nitrogen and oxygen atoms in total. The van der Waals surface area contributed by atoms with Crippen molar-refractivity contribution in [2.45, 2.75) is 6.61 Å². The van der Waals surface area contributed by atoms with E-state index in [9.17, 15) is 9.65 Å². The van der Waals surface area contributed by atoms with Crippen LogP contribution in [-0.4, -0.2) is 20.1 Å². The van der Waals surface area contributed by atoms with Crippen LogP contribution in [0.25, 0.3) is 0 Å². The number of allylic oxidation sites excluding steroid dienone is 3. The Balaban J connectivity index is 1.74. The highest BCUT2D eigenvalue weighted by atomic mass is 19.1. The van der Waals surface area contributed by atoms with E-state index in [1.807, 2.05) is 6.07 Å². The Morgan fingerprint density at radius 3 is 2.54 bits per heavy atom. The first kappa shape index (κ1) is 19.1. The van der Waals surface area contributed by atoms with Gasteiger partial charge in [-0.05, 0) is 42.5 Å². The minimum absolute atomic E-state index is 0.0755. The van der Waals surface area contributed by atoms with E-state index in [1.165, 1.54) is 18.2 Å². The summed E-state index contributed by atoms with van der Waals surface area (Å²) in [5, 5.41) is 15.1. The van der Waals surface area contributed by atoms with Crippen LogP contribution in [0.4, 0.5) is 10.1 Å². The maximum atomic E-state index is 14.7. The quantitative estimate of drug-likeness (QED) is 0.677. The molecule has 1 heterocycles. The standard InChI is InChI=1S/C21H18FN3O3/c1-26-15-28-19-7-5-18(6-8-19)27-14-20-16(13-23)11-17(12-21(20)22)25-10-4-2-3-9-24-25/h2-12H,14-15H2,1H3. The second-order valence-electron chi connectivity index (χ2n) is 5.71. The van der Waals surface area contributed by atoms with Gasteiger partial charge in [-0.15, -0.1) is 0 Å². The van der Waals surface area contributed by atoms with Gasteiger partial charge in [-0.2, -0.15) is 10.4 Å². The summed E-state index contributed by atoms with van der Waals surface area (Å²) in [4.78, 5) is 0. The maximum absolute atomic E-state index is 14.7. The summed E-state index contributed by atoms with van der Waals surface area (Å²) >= 11 is 0. The van der Waals surface area contributed by atoms with Crippen LogP contribution in [0.1, 0.15) is 11.1 Å². The van der Waals surface area contributed by atoms with Crippen molar-refractivity contribution in [3.05, 3.63) is 77.8 Å². The van der Waals surface area contributed by atoms with E-state index in [4.69, 9.17) is 14.2 Å². The average Bonchev–Trinajstić information content (AvgIpc) is 3.01. The van der Waals surface area contributed by atoms with Gasteiger partial charge < -0.3 is 14.2 Å². The van der Waals surface area contributed by atoms with Crippen molar-refractivity contribution >= 4 is 11.9 Å². The zero-order valence-corrected chi connectivity index (χ0v) is 15.2. The van der Waals surface area contributed by atoms with Gasteiger partial charge in [0.05, 0.1) is 17.3 Å². The molecule has 0 N–H and O–H groups in total. The van der Waals surface area contributed by atoms with Crippen LogP contribution in [0.2, 0.25) is 0 Å². The van der Waals surface area contributed by atoms with Gasteiger partial charge in [0.15, 0.2) is 6.79 Å². The second-order valence-corrected chi connectivity index (χ2v) is 5.71. The highest BCUT2D eigenvalue weighted by molar-refractivity contribution is 5.74. The molecule has 0 saturated heterocycles. The van der Waals surface area contributed by atoms with E-state index in [2.05, 4.69) is 5.10 Å². The Hall–Kier alpha value is -3.63. The van der Waals surface area contributed by atoms with E-state index in [-0.39, 0.29) is 24.5 Å². The third kappa shape index (κ3) is 4.75. The summed E-state index contributed by atoms with van der Waals surface area (Å²) in [6.07, 6.45) is 8.60. The number of hydrogen-bond acceptors (Lipinski definition) is 6. The molecule has 1 aliphatic rings. The van der Waals surface area contributed by atoms with Crippen molar-refractivity contribution in [3.8, 4) is 17.6 Å². The molecule has 0 unspecified atom stereocenters. The molecule has 0 bridgehead atoms. The van der Waals surface area contributed by atoms with Gasteiger partial charge in [0.2, 0.25) is 0 Å². The van der Waals surface area contributed by atoms with Gasteiger partial charge in [-0.1, -0.05) is 6.08 Å². The molecule has 2 aromatic carbocycles. The van der Waals surface area contributed by atoms with Gasteiger partial charge in [0.25, 0.3) is 0 Å². The number of benzene rings is 2. The number of hydrogen-bond donors (Lipinski definition) is 0. The lowest BCUT2D eigenvalue weighted by Crippen LogP contribution is -2.10. The SMILES string of the molecule is COCOc1ccc(OCc2c(F)cc(N3C=CC=CC=N3)cc2C#N)cc1. The zero-order valence-electron chi connectivity index (χ0n) is 15.2. The molecule has 0 saturated carbocycles. The first-order chi connectivity index (χ1) is 13.7. The van der Waals surface area contributed by atoms with Crippen LogP contribution < -0.4 is 14.5 Å². The maximum Gasteiger partial charge on any atom is 0.188 e. The fourth-order valence-corrected chi connectivity index (χ4v) is 2.46. The molecule has 0 spiro atoms. The summed E-state index contributed by atoms with van der Waals surface area (Å²) in [5.74, 6) is 0.626. The Kier molecular flexibility index (Phi) is 6.39. The number of ether oxygens (including phenoxy) is 3. The monoisotopic (exact) mass is 379 g/mol. The lowest BCUT2D eigenvalue weighted by Gasteiger charge is -2.16. The van der Waals surface area contributed by atoms with Crippen LogP contribution in [0.3, 0.4) is 0 Å². The molecule has 0 atom stereocenters. The topological polar surface area (TPSA) is 67.1 Å². The highest BCUT2D eigenvalue weighted by Crippen LogP contribution is 2.26. The van der Waals surface area contributed by atoms with Gasteiger partial charge >= 0.3 is 0 Å². The second kappa shape index (κ2) is 9.35.